The van der Waals surface area contributed by atoms with E-state index in [1.165, 1.54) is 11.3 Å². The van der Waals surface area contributed by atoms with Crippen molar-refractivity contribution < 1.29 is 4.74 Å². The molecule has 2 aromatic heterocycles. The minimum Gasteiger partial charge on any atom is -0.370 e. The van der Waals surface area contributed by atoms with E-state index in [4.69, 9.17) is 9.84 Å². The summed E-state index contributed by atoms with van der Waals surface area (Å²) < 4.78 is 8.53. The molecule has 8 heteroatoms. The Kier molecular flexibility index (Phi) is 5.48. The highest BCUT2D eigenvalue weighted by atomic mass is 16.5. The lowest BCUT2D eigenvalue weighted by Gasteiger charge is -2.44. The van der Waals surface area contributed by atoms with Crippen LogP contribution in [0.15, 0.2) is 36.7 Å². The van der Waals surface area contributed by atoms with Crippen molar-refractivity contribution in [3.8, 4) is 6.07 Å². The van der Waals surface area contributed by atoms with Crippen molar-refractivity contribution in [2.75, 3.05) is 44.2 Å². The molecule has 0 amide bonds. The van der Waals surface area contributed by atoms with E-state index in [0.717, 1.165) is 62.3 Å². The number of morpholine rings is 1. The highest BCUT2D eigenvalue weighted by Gasteiger charge is 2.35. The zero-order valence-electron chi connectivity index (χ0n) is 19.8. The summed E-state index contributed by atoms with van der Waals surface area (Å²) in [6.07, 6.45) is 5.31. The van der Waals surface area contributed by atoms with Crippen LogP contribution in [0.25, 0.3) is 10.9 Å². The Morgan fingerprint density at radius 2 is 2.06 bits per heavy atom. The van der Waals surface area contributed by atoms with Crippen LogP contribution in [0.2, 0.25) is 0 Å². The number of fused-ring (bicyclic) bond motifs is 2. The fourth-order valence-corrected chi connectivity index (χ4v) is 5.72. The van der Waals surface area contributed by atoms with Crippen molar-refractivity contribution in [2.45, 2.75) is 44.6 Å². The Balaban J connectivity index is 1.13. The fourth-order valence-electron chi connectivity index (χ4n) is 5.72. The van der Waals surface area contributed by atoms with Gasteiger partial charge in [-0.05, 0) is 38.1 Å². The van der Waals surface area contributed by atoms with Gasteiger partial charge in [0.25, 0.3) is 0 Å². The Bertz CT molecular complexity index is 1240. The molecule has 3 aromatic rings. The second kappa shape index (κ2) is 8.66. The van der Waals surface area contributed by atoms with Gasteiger partial charge in [0.15, 0.2) is 0 Å². The first-order valence-electron chi connectivity index (χ1n) is 12.3. The van der Waals surface area contributed by atoms with Gasteiger partial charge in [-0.3, -0.25) is 14.6 Å². The van der Waals surface area contributed by atoms with Gasteiger partial charge in [0.1, 0.15) is 6.07 Å². The lowest BCUT2D eigenvalue weighted by Crippen LogP contribution is -2.56. The molecule has 0 bridgehead atoms. The molecule has 3 aliphatic rings. The molecule has 34 heavy (non-hydrogen) atoms. The summed E-state index contributed by atoms with van der Waals surface area (Å²) in [5, 5.41) is 18.9. The summed E-state index contributed by atoms with van der Waals surface area (Å²) >= 11 is 0. The number of pyridine rings is 1. The van der Waals surface area contributed by atoms with Gasteiger partial charge in [-0.15, -0.1) is 0 Å². The largest absolute Gasteiger partial charge is 0.370 e. The number of aromatic nitrogens is 3. The van der Waals surface area contributed by atoms with Crippen LogP contribution in [0.3, 0.4) is 0 Å². The van der Waals surface area contributed by atoms with Crippen LogP contribution in [0.4, 0.5) is 5.69 Å². The van der Waals surface area contributed by atoms with Gasteiger partial charge in [0, 0.05) is 80.8 Å². The molecular formula is C26H31N7O. The second-order valence-electron chi connectivity index (χ2n) is 9.93. The topological polar surface area (TPSA) is 82.2 Å². The molecule has 2 fully saturated rings. The van der Waals surface area contributed by atoms with E-state index in [1.807, 2.05) is 12.1 Å². The maximum atomic E-state index is 9.48. The highest BCUT2D eigenvalue weighted by Crippen LogP contribution is 2.31. The molecule has 0 aliphatic carbocycles. The van der Waals surface area contributed by atoms with Crippen molar-refractivity contribution in [1.82, 2.24) is 25.0 Å². The summed E-state index contributed by atoms with van der Waals surface area (Å²) in [6.45, 7) is 9.99. The van der Waals surface area contributed by atoms with Crippen LogP contribution in [0, 0.1) is 11.3 Å². The van der Waals surface area contributed by atoms with Gasteiger partial charge in [0.2, 0.25) is 0 Å². The quantitative estimate of drug-likeness (QED) is 0.645. The summed E-state index contributed by atoms with van der Waals surface area (Å²) in [6, 6.07) is 11.1. The van der Waals surface area contributed by atoms with E-state index in [2.05, 4.69) is 63.0 Å². The molecule has 0 unspecified atom stereocenters. The predicted molar refractivity (Wildman–Crippen MR) is 131 cm³/mol. The first kappa shape index (κ1) is 21.5. The Labute approximate surface area is 200 Å². The molecule has 1 N–H and O–H groups in total. The fraction of sp³-hybridized carbons (Fsp3) is 0.500. The average Bonchev–Trinajstić information content (AvgIpc) is 3.25. The van der Waals surface area contributed by atoms with Crippen LogP contribution in [-0.2, 0) is 11.2 Å². The van der Waals surface area contributed by atoms with Crippen molar-refractivity contribution in [2.24, 2.45) is 0 Å². The molecule has 3 atom stereocenters. The second-order valence-corrected chi connectivity index (χ2v) is 9.93. The van der Waals surface area contributed by atoms with E-state index in [-0.39, 0.29) is 12.2 Å². The zero-order chi connectivity index (χ0) is 23.2. The summed E-state index contributed by atoms with van der Waals surface area (Å²) in [7, 11) is 0. The Hall–Kier alpha value is -2.99. The Morgan fingerprint density at radius 3 is 2.88 bits per heavy atom. The highest BCUT2D eigenvalue weighted by molar-refractivity contribution is 5.95. The van der Waals surface area contributed by atoms with E-state index < -0.39 is 0 Å². The normalized spacial score (nSPS) is 25.7. The third-order valence-corrected chi connectivity index (χ3v) is 7.43. The van der Waals surface area contributed by atoms with Gasteiger partial charge in [-0.25, -0.2) is 0 Å². The molecule has 8 nitrogen and oxygen atoms in total. The third kappa shape index (κ3) is 3.84. The van der Waals surface area contributed by atoms with E-state index in [0.29, 0.717) is 17.6 Å². The number of benzene rings is 1. The zero-order valence-corrected chi connectivity index (χ0v) is 19.8. The van der Waals surface area contributed by atoms with E-state index in [1.54, 1.807) is 6.20 Å². The molecule has 1 aromatic carbocycles. The molecule has 0 radical (unpaired) electrons. The first-order chi connectivity index (χ1) is 16.6. The smallest absolute Gasteiger partial charge is 0.101 e. The van der Waals surface area contributed by atoms with Crippen LogP contribution < -0.4 is 10.2 Å². The number of rotatable bonds is 4. The van der Waals surface area contributed by atoms with Crippen LogP contribution in [0.5, 0.6) is 0 Å². The van der Waals surface area contributed by atoms with Gasteiger partial charge in [-0.2, -0.15) is 10.4 Å². The van der Waals surface area contributed by atoms with Gasteiger partial charge < -0.3 is 15.0 Å². The molecule has 0 saturated carbocycles. The molecule has 0 spiro atoms. The van der Waals surface area contributed by atoms with Gasteiger partial charge >= 0.3 is 0 Å². The summed E-state index contributed by atoms with van der Waals surface area (Å²) in [5.41, 5.74) is 5.14. The van der Waals surface area contributed by atoms with Crippen LogP contribution in [0.1, 0.15) is 42.8 Å². The number of nitrogens with zero attached hydrogens (tertiary/aromatic N) is 6. The standard InChI is InChI=1S/C26H31N7O/c1-17-11-32(25-6-5-19(10-27)26-22(25)4-3-8-29-26)15-21(34-17)14-31-12-20(13-31)33-16-23-18(2)28-9-7-24(23)30-33/h3-6,8,16-18,20-21,28H,7,9,11-15H2,1-2H3/t17-,18+,21+/m1/s1. The average molecular weight is 458 g/mol. The van der Waals surface area contributed by atoms with Crippen LogP contribution in [-0.4, -0.2) is 71.1 Å². The minimum atomic E-state index is 0.141. The molecule has 6 rings (SSSR count). The molecule has 176 valence electrons. The number of hydrogen-bond donors (Lipinski definition) is 1. The predicted octanol–water partition coefficient (Wildman–Crippen LogP) is 2.66. The molecule has 5 heterocycles. The maximum Gasteiger partial charge on any atom is 0.101 e. The molecule has 3 aliphatic heterocycles. The van der Waals surface area contributed by atoms with Crippen molar-refractivity contribution in [1.29, 1.82) is 5.26 Å². The lowest BCUT2D eigenvalue weighted by atomic mass is 10.0. The number of likely N-dealkylation sites (tertiary alicyclic amines) is 1. The molecular weight excluding hydrogens is 426 g/mol. The molecule has 2 saturated heterocycles. The summed E-state index contributed by atoms with van der Waals surface area (Å²) in [4.78, 5) is 9.36. The SMILES string of the molecule is C[C@@H]1CN(c2ccc(C#N)c3ncccc23)C[C@H](CN2CC(n3cc4c(n3)CCN[C@H]4C)C2)O1. The van der Waals surface area contributed by atoms with Crippen molar-refractivity contribution in [3.63, 3.8) is 0 Å². The number of hydrogen-bond acceptors (Lipinski definition) is 7. The van der Waals surface area contributed by atoms with Crippen molar-refractivity contribution >= 4 is 16.6 Å². The van der Waals surface area contributed by atoms with E-state index in [9.17, 15) is 5.26 Å². The maximum absolute atomic E-state index is 9.48. The van der Waals surface area contributed by atoms with E-state index >= 15 is 0 Å². The number of nitriles is 1. The summed E-state index contributed by atoms with van der Waals surface area (Å²) in [5.74, 6) is 0. The number of ether oxygens (including phenoxy) is 1. The third-order valence-electron chi connectivity index (χ3n) is 7.43. The number of nitrogens with one attached hydrogen (secondary N) is 1. The lowest BCUT2D eigenvalue weighted by molar-refractivity contribution is -0.0489. The number of anilines is 1. The van der Waals surface area contributed by atoms with Gasteiger partial charge in [0.05, 0.1) is 35.0 Å². The minimum absolute atomic E-state index is 0.141. The van der Waals surface area contributed by atoms with Crippen molar-refractivity contribution in [3.05, 3.63) is 53.5 Å². The monoisotopic (exact) mass is 457 g/mol. The van der Waals surface area contributed by atoms with Gasteiger partial charge in [-0.1, -0.05) is 0 Å². The Morgan fingerprint density at radius 1 is 1.18 bits per heavy atom. The van der Waals surface area contributed by atoms with Crippen LogP contribution >= 0.6 is 0 Å². The first-order valence-corrected chi connectivity index (χ1v) is 12.3.